The van der Waals surface area contributed by atoms with Crippen molar-refractivity contribution in [3.63, 3.8) is 0 Å². The lowest BCUT2D eigenvalue weighted by atomic mass is 10.1. The molecule has 21 heavy (non-hydrogen) atoms. The van der Waals surface area contributed by atoms with E-state index in [9.17, 15) is 4.79 Å². The number of amides is 1. The summed E-state index contributed by atoms with van der Waals surface area (Å²) in [5.41, 5.74) is 3.47. The predicted molar refractivity (Wildman–Crippen MR) is 81.9 cm³/mol. The lowest BCUT2D eigenvalue weighted by Gasteiger charge is -2.12. The Balaban J connectivity index is 2.24. The van der Waals surface area contributed by atoms with Gasteiger partial charge in [-0.15, -0.1) is 0 Å². The van der Waals surface area contributed by atoms with Crippen molar-refractivity contribution in [2.24, 2.45) is 0 Å². The zero-order chi connectivity index (χ0) is 15.2. The number of aromatic nitrogens is 2. The van der Waals surface area contributed by atoms with Gasteiger partial charge >= 0.3 is 6.09 Å². The molecule has 0 aliphatic heterocycles. The zero-order valence-electron chi connectivity index (χ0n) is 12.3. The minimum Gasteiger partial charge on any atom is -0.453 e. The van der Waals surface area contributed by atoms with Gasteiger partial charge in [0.2, 0.25) is 0 Å². The summed E-state index contributed by atoms with van der Waals surface area (Å²) in [6, 6.07) is 7.61. The fourth-order valence-corrected chi connectivity index (χ4v) is 1.91. The highest BCUT2D eigenvalue weighted by molar-refractivity contribution is 5.86. The third kappa shape index (κ3) is 3.92. The number of nitrogens with one attached hydrogen (secondary N) is 2. The van der Waals surface area contributed by atoms with E-state index in [2.05, 4.69) is 25.3 Å². The molecule has 2 rings (SSSR count). The maximum Gasteiger partial charge on any atom is 0.411 e. The molecule has 0 bridgehead atoms. The summed E-state index contributed by atoms with van der Waals surface area (Å²) in [6.45, 7) is 3.93. The van der Waals surface area contributed by atoms with Crippen molar-refractivity contribution in [3.05, 3.63) is 41.9 Å². The first-order valence-corrected chi connectivity index (χ1v) is 6.66. The summed E-state index contributed by atoms with van der Waals surface area (Å²) in [5, 5.41) is 5.90. The first-order chi connectivity index (χ1) is 10.1. The minimum absolute atomic E-state index is 0.486. The quantitative estimate of drug-likeness (QED) is 0.902. The van der Waals surface area contributed by atoms with E-state index in [-0.39, 0.29) is 0 Å². The maximum absolute atomic E-state index is 11.4. The largest absolute Gasteiger partial charge is 0.453 e. The van der Waals surface area contributed by atoms with Crippen LogP contribution >= 0.6 is 0 Å². The zero-order valence-corrected chi connectivity index (χ0v) is 12.3. The molecule has 1 heterocycles. The number of anilines is 3. The Hall–Kier alpha value is -2.63. The highest BCUT2D eigenvalue weighted by Gasteiger charge is 2.07. The Bertz CT molecular complexity index is 643. The van der Waals surface area contributed by atoms with Crippen LogP contribution in [-0.2, 0) is 11.2 Å². The van der Waals surface area contributed by atoms with E-state index in [0.717, 1.165) is 29.1 Å². The van der Waals surface area contributed by atoms with Gasteiger partial charge in [-0.3, -0.25) is 5.32 Å². The number of hydrogen-bond donors (Lipinski definition) is 2. The molecular formula is C15H18N4O2. The Kier molecular flexibility index (Phi) is 4.71. The Labute approximate surface area is 123 Å². The summed E-state index contributed by atoms with van der Waals surface area (Å²) in [5.74, 6) is 0.704. The molecule has 1 amide bonds. The molecule has 6 heteroatoms. The first kappa shape index (κ1) is 14.8. The van der Waals surface area contributed by atoms with Crippen LogP contribution in [0, 0.1) is 6.92 Å². The van der Waals surface area contributed by atoms with E-state index in [0.29, 0.717) is 5.82 Å². The van der Waals surface area contributed by atoms with Crippen molar-refractivity contribution in [2.45, 2.75) is 20.3 Å². The average molecular weight is 286 g/mol. The lowest BCUT2D eigenvalue weighted by Crippen LogP contribution is -2.12. The van der Waals surface area contributed by atoms with Gasteiger partial charge in [0.05, 0.1) is 7.11 Å². The number of rotatable bonds is 4. The van der Waals surface area contributed by atoms with Crippen LogP contribution in [0.2, 0.25) is 0 Å². The highest BCUT2D eigenvalue weighted by atomic mass is 16.5. The van der Waals surface area contributed by atoms with Crippen LogP contribution in [-0.4, -0.2) is 23.2 Å². The van der Waals surface area contributed by atoms with Crippen molar-refractivity contribution in [3.8, 4) is 0 Å². The van der Waals surface area contributed by atoms with Crippen LogP contribution in [0.15, 0.2) is 30.6 Å². The highest BCUT2D eigenvalue weighted by Crippen LogP contribution is 2.24. The molecule has 0 fully saturated rings. The molecule has 2 N–H and O–H groups in total. The van der Waals surface area contributed by atoms with Crippen LogP contribution in [0.5, 0.6) is 0 Å². The number of nitrogens with zero attached hydrogens (tertiary/aromatic N) is 2. The molecule has 6 nitrogen and oxygen atoms in total. The fraction of sp³-hybridized carbons (Fsp3) is 0.267. The van der Waals surface area contributed by atoms with E-state index >= 15 is 0 Å². The van der Waals surface area contributed by atoms with E-state index in [1.54, 1.807) is 0 Å². The maximum atomic E-state index is 11.4. The predicted octanol–water partition coefficient (Wildman–Crippen LogP) is 3.27. The van der Waals surface area contributed by atoms with E-state index in [1.165, 1.54) is 13.4 Å². The van der Waals surface area contributed by atoms with Gasteiger partial charge < -0.3 is 10.1 Å². The van der Waals surface area contributed by atoms with Crippen LogP contribution in [0.3, 0.4) is 0 Å². The number of ether oxygens (including phenoxy) is 1. The molecule has 0 aliphatic carbocycles. The van der Waals surface area contributed by atoms with Crippen molar-refractivity contribution in [1.82, 2.24) is 9.97 Å². The molecular weight excluding hydrogens is 268 g/mol. The molecule has 2 aromatic rings. The fourth-order valence-electron chi connectivity index (χ4n) is 1.91. The summed E-state index contributed by atoms with van der Waals surface area (Å²) in [6.07, 6.45) is 1.83. The summed E-state index contributed by atoms with van der Waals surface area (Å²) >= 11 is 0. The van der Waals surface area contributed by atoms with Gasteiger partial charge in [0.15, 0.2) is 0 Å². The molecule has 0 saturated carbocycles. The second-order valence-electron chi connectivity index (χ2n) is 4.51. The van der Waals surface area contributed by atoms with E-state index < -0.39 is 6.09 Å². The molecule has 0 saturated heterocycles. The van der Waals surface area contributed by atoms with Gasteiger partial charge in [-0.1, -0.05) is 13.0 Å². The van der Waals surface area contributed by atoms with Gasteiger partial charge in [0, 0.05) is 23.1 Å². The van der Waals surface area contributed by atoms with Crippen LogP contribution < -0.4 is 10.6 Å². The molecule has 110 valence electrons. The molecule has 0 radical (unpaired) electrons. The number of hydrogen-bond acceptors (Lipinski definition) is 5. The second-order valence-corrected chi connectivity index (χ2v) is 4.51. The number of methoxy groups -OCH3 is 1. The third-order valence-corrected chi connectivity index (χ3v) is 2.99. The molecule has 0 spiro atoms. The molecule has 1 aromatic heterocycles. The minimum atomic E-state index is -0.486. The Morgan fingerprint density at radius 1 is 1.29 bits per heavy atom. The third-order valence-electron chi connectivity index (χ3n) is 2.99. The van der Waals surface area contributed by atoms with Crippen molar-refractivity contribution in [2.75, 3.05) is 17.7 Å². The van der Waals surface area contributed by atoms with Crippen molar-refractivity contribution in [1.29, 1.82) is 0 Å². The number of benzene rings is 1. The van der Waals surface area contributed by atoms with E-state index in [4.69, 9.17) is 0 Å². The second kappa shape index (κ2) is 6.69. The Morgan fingerprint density at radius 3 is 2.76 bits per heavy atom. The normalized spacial score (nSPS) is 10.0. The summed E-state index contributed by atoms with van der Waals surface area (Å²) in [7, 11) is 1.34. The topological polar surface area (TPSA) is 76.1 Å². The van der Waals surface area contributed by atoms with Crippen LogP contribution in [0.4, 0.5) is 22.0 Å². The van der Waals surface area contributed by atoms with Gasteiger partial charge in [0.1, 0.15) is 12.1 Å². The number of aryl methyl sites for hydroxylation is 2. The number of carbonyl (C=O) groups is 1. The monoisotopic (exact) mass is 286 g/mol. The van der Waals surface area contributed by atoms with Crippen molar-refractivity contribution >= 4 is 23.3 Å². The Morgan fingerprint density at radius 2 is 2.10 bits per heavy atom. The van der Waals surface area contributed by atoms with Gasteiger partial charge in [-0.05, 0) is 31.0 Å². The van der Waals surface area contributed by atoms with Gasteiger partial charge in [-0.25, -0.2) is 14.8 Å². The molecule has 0 atom stereocenters. The van der Waals surface area contributed by atoms with Crippen LogP contribution in [0.1, 0.15) is 18.2 Å². The van der Waals surface area contributed by atoms with Crippen molar-refractivity contribution < 1.29 is 9.53 Å². The number of carbonyl (C=O) groups excluding carboxylic acids is 1. The lowest BCUT2D eigenvalue weighted by molar-refractivity contribution is 0.187. The molecule has 0 aliphatic rings. The summed E-state index contributed by atoms with van der Waals surface area (Å²) in [4.78, 5) is 19.6. The SMILES string of the molecule is CCc1ccc(Nc2cc(C)ncn2)cc1NC(=O)OC. The van der Waals surface area contributed by atoms with Gasteiger partial charge in [-0.2, -0.15) is 0 Å². The molecule has 1 aromatic carbocycles. The smallest absolute Gasteiger partial charge is 0.411 e. The van der Waals surface area contributed by atoms with Gasteiger partial charge in [0.25, 0.3) is 0 Å². The van der Waals surface area contributed by atoms with E-state index in [1.807, 2.05) is 38.1 Å². The average Bonchev–Trinajstić information content (AvgIpc) is 2.47. The molecule has 0 unspecified atom stereocenters. The first-order valence-electron chi connectivity index (χ1n) is 6.66. The standard InChI is InChI=1S/C15H18N4O2/c1-4-11-5-6-12(8-13(11)19-15(20)21-3)18-14-7-10(2)16-9-17-14/h5-9H,4H2,1-3H3,(H,19,20)(H,16,17,18). The summed E-state index contributed by atoms with van der Waals surface area (Å²) < 4.78 is 4.64. The van der Waals surface area contributed by atoms with Crippen LogP contribution in [0.25, 0.3) is 0 Å².